The Hall–Kier alpha value is -3.44. The van der Waals surface area contributed by atoms with Gasteiger partial charge in [0.05, 0.1) is 0 Å². The normalized spacial score (nSPS) is 12.2. The Morgan fingerprint density at radius 2 is 1.17 bits per heavy atom. The molecule has 1 amide bonds. The number of rotatable bonds is 8. The molecule has 3 rings (SSSR count). The fraction of sp³-hybridized carbons (Fsp3) is 0.167. The third kappa shape index (κ3) is 4.52. The molecule has 3 aromatic carbocycles. The van der Waals surface area contributed by atoms with Gasteiger partial charge in [-0.3, -0.25) is 9.59 Å². The Morgan fingerprint density at radius 3 is 1.52 bits per heavy atom. The van der Waals surface area contributed by atoms with Gasteiger partial charge in [-0.2, -0.15) is 0 Å². The molecule has 0 aromatic heterocycles. The van der Waals surface area contributed by atoms with Gasteiger partial charge in [0.2, 0.25) is 5.91 Å². The van der Waals surface area contributed by atoms with Crippen molar-refractivity contribution in [1.82, 2.24) is 5.32 Å². The maximum Gasteiger partial charge on any atom is 0.320 e. The molecule has 1 atom stereocenters. The van der Waals surface area contributed by atoms with Crippen LogP contribution in [0.1, 0.15) is 29.5 Å². The topological polar surface area (TPSA) is 92.4 Å². The molecule has 3 aromatic rings. The van der Waals surface area contributed by atoms with Crippen LogP contribution in [0.4, 0.5) is 0 Å². The van der Waals surface area contributed by atoms with E-state index < -0.39 is 17.6 Å². The smallest absolute Gasteiger partial charge is 0.320 e. The molecular weight excluding hydrogens is 364 g/mol. The van der Waals surface area contributed by atoms with Crippen LogP contribution in [0.5, 0.6) is 0 Å². The zero-order chi connectivity index (χ0) is 20.7. The number of carbonyl (C=O) groups is 2. The summed E-state index contributed by atoms with van der Waals surface area (Å²) >= 11 is 0. The van der Waals surface area contributed by atoms with Gasteiger partial charge in [-0.1, -0.05) is 91.0 Å². The molecular formula is C24H24N2O3. The van der Waals surface area contributed by atoms with E-state index in [2.05, 4.69) is 5.32 Å². The molecule has 5 nitrogen and oxygen atoms in total. The maximum absolute atomic E-state index is 12.9. The highest BCUT2D eigenvalue weighted by Crippen LogP contribution is 2.36. The first-order chi connectivity index (χ1) is 14.0. The van der Waals surface area contributed by atoms with Crippen molar-refractivity contribution >= 4 is 11.9 Å². The molecule has 0 radical (unpaired) electrons. The van der Waals surface area contributed by atoms with Crippen molar-refractivity contribution in [1.29, 1.82) is 0 Å². The molecule has 4 N–H and O–H groups in total. The van der Waals surface area contributed by atoms with Crippen LogP contribution in [0, 0.1) is 0 Å². The van der Waals surface area contributed by atoms with Gasteiger partial charge in [0.1, 0.15) is 11.6 Å². The van der Waals surface area contributed by atoms with E-state index in [0.29, 0.717) is 0 Å². The van der Waals surface area contributed by atoms with E-state index in [1.807, 2.05) is 91.0 Å². The van der Waals surface area contributed by atoms with Crippen molar-refractivity contribution in [3.8, 4) is 0 Å². The van der Waals surface area contributed by atoms with Crippen molar-refractivity contribution in [2.45, 2.75) is 24.4 Å². The van der Waals surface area contributed by atoms with Crippen LogP contribution < -0.4 is 11.1 Å². The van der Waals surface area contributed by atoms with Crippen molar-refractivity contribution in [3.05, 3.63) is 108 Å². The lowest BCUT2D eigenvalue weighted by molar-refractivity contribution is -0.138. The number of nitrogens with two attached hydrogens (primary N) is 1. The zero-order valence-electron chi connectivity index (χ0n) is 16.0. The average Bonchev–Trinajstić information content (AvgIpc) is 2.77. The van der Waals surface area contributed by atoms with E-state index in [1.54, 1.807) is 0 Å². The number of carboxylic acids is 1. The molecule has 0 heterocycles. The lowest BCUT2D eigenvalue weighted by Crippen LogP contribution is -2.48. The molecule has 0 fully saturated rings. The fourth-order valence-corrected chi connectivity index (χ4v) is 3.46. The molecule has 0 saturated carbocycles. The number of hydrogen-bond donors (Lipinski definition) is 3. The maximum atomic E-state index is 12.9. The summed E-state index contributed by atoms with van der Waals surface area (Å²) in [5.41, 5.74) is 7.41. The number of hydrogen-bond acceptors (Lipinski definition) is 3. The van der Waals surface area contributed by atoms with E-state index in [1.165, 1.54) is 0 Å². The van der Waals surface area contributed by atoms with E-state index in [0.717, 1.165) is 16.7 Å². The number of carbonyl (C=O) groups excluding carboxylic acids is 1. The summed E-state index contributed by atoms with van der Waals surface area (Å²) in [6, 6.07) is 28.2. The van der Waals surface area contributed by atoms with Crippen LogP contribution in [0.25, 0.3) is 0 Å². The van der Waals surface area contributed by atoms with E-state index >= 15 is 0 Å². The number of aliphatic carboxylic acids is 1. The third-order valence-electron chi connectivity index (χ3n) is 4.95. The Morgan fingerprint density at radius 1 is 0.793 bits per heavy atom. The first-order valence-corrected chi connectivity index (χ1v) is 9.50. The molecule has 29 heavy (non-hydrogen) atoms. The first kappa shape index (κ1) is 20.3. The van der Waals surface area contributed by atoms with Gasteiger partial charge in [0.15, 0.2) is 0 Å². The van der Waals surface area contributed by atoms with Crippen molar-refractivity contribution in [2.24, 2.45) is 5.73 Å². The largest absolute Gasteiger partial charge is 0.480 e. The van der Waals surface area contributed by atoms with Gasteiger partial charge >= 0.3 is 5.97 Å². The highest BCUT2D eigenvalue weighted by atomic mass is 16.4. The highest BCUT2D eigenvalue weighted by molar-refractivity contribution is 5.80. The van der Waals surface area contributed by atoms with Gasteiger partial charge in [0, 0.05) is 6.42 Å². The molecule has 0 aliphatic heterocycles. The molecule has 0 aliphatic carbocycles. The number of amides is 1. The third-order valence-corrected chi connectivity index (χ3v) is 4.95. The predicted molar refractivity (Wildman–Crippen MR) is 112 cm³/mol. The minimum absolute atomic E-state index is 0.0156. The minimum atomic E-state index is -1.11. The molecule has 0 saturated heterocycles. The van der Waals surface area contributed by atoms with Crippen molar-refractivity contribution < 1.29 is 14.7 Å². The van der Waals surface area contributed by atoms with Crippen molar-refractivity contribution in [2.75, 3.05) is 0 Å². The molecule has 1 unspecified atom stereocenters. The molecule has 0 bridgehead atoms. The number of carboxylic acid groups (broad SMARTS) is 1. The van der Waals surface area contributed by atoms with Gasteiger partial charge in [-0.15, -0.1) is 0 Å². The van der Waals surface area contributed by atoms with Crippen LogP contribution in [-0.4, -0.2) is 23.0 Å². The molecule has 0 spiro atoms. The lowest BCUT2D eigenvalue weighted by Gasteiger charge is -2.37. The van der Waals surface area contributed by atoms with Gasteiger partial charge in [-0.05, 0) is 23.1 Å². The van der Waals surface area contributed by atoms with Crippen LogP contribution in [0.15, 0.2) is 91.0 Å². The summed E-state index contributed by atoms with van der Waals surface area (Å²) in [6.07, 6.45) is 0.0807. The summed E-state index contributed by atoms with van der Waals surface area (Å²) < 4.78 is 0. The summed E-state index contributed by atoms with van der Waals surface area (Å²) in [7, 11) is 0. The first-order valence-electron chi connectivity index (χ1n) is 9.50. The van der Waals surface area contributed by atoms with Crippen LogP contribution >= 0.6 is 0 Å². The van der Waals surface area contributed by atoms with Gasteiger partial charge in [0.25, 0.3) is 0 Å². The van der Waals surface area contributed by atoms with Gasteiger partial charge < -0.3 is 16.2 Å². The number of nitrogens with one attached hydrogen (secondary N) is 1. The standard InChI is InChI=1S/C24H24N2O3/c25-21(23(28)29)16-17-22(27)26-24(18-10-4-1-5-11-18,19-12-6-2-7-13-19)20-14-8-3-9-15-20/h1-15,21H,16-17,25H2,(H,26,27)(H,28,29). The molecule has 5 heteroatoms. The predicted octanol–water partition coefficient (Wildman–Crippen LogP) is 3.29. The summed E-state index contributed by atoms with van der Waals surface area (Å²) in [6.45, 7) is 0. The summed E-state index contributed by atoms with van der Waals surface area (Å²) in [5.74, 6) is -1.38. The second-order valence-corrected chi connectivity index (χ2v) is 6.88. The SMILES string of the molecule is NC(CCC(=O)NC(c1ccccc1)(c1ccccc1)c1ccccc1)C(=O)O. The molecule has 0 aliphatic rings. The Kier molecular flexibility index (Phi) is 6.42. The Bertz CT molecular complexity index is 847. The monoisotopic (exact) mass is 388 g/mol. The van der Waals surface area contributed by atoms with Crippen LogP contribution in [0.2, 0.25) is 0 Å². The van der Waals surface area contributed by atoms with Gasteiger partial charge in [-0.25, -0.2) is 0 Å². The highest BCUT2D eigenvalue weighted by Gasteiger charge is 2.37. The second kappa shape index (κ2) is 9.17. The quantitative estimate of drug-likeness (QED) is 0.516. The lowest BCUT2D eigenvalue weighted by atomic mass is 9.77. The number of benzene rings is 3. The van der Waals surface area contributed by atoms with Crippen LogP contribution in [-0.2, 0) is 15.1 Å². The average molecular weight is 388 g/mol. The minimum Gasteiger partial charge on any atom is -0.480 e. The summed E-state index contributed by atoms with van der Waals surface area (Å²) in [5, 5.41) is 12.2. The summed E-state index contributed by atoms with van der Waals surface area (Å²) in [4.78, 5) is 24.0. The second-order valence-electron chi connectivity index (χ2n) is 6.88. The Labute approximate surface area is 170 Å². The fourth-order valence-electron chi connectivity index (χ4n) is 3.46. The van der Waals surface area contributed by atoms with Crippen LogP contribution in [0.3, 0.4) is 0 Å². The van der Waals surface area contributed by atoms with E-state index in [4.69, 9.17) is 10.8 Å². The Balaban J connectivity index is 2.08. The van der Waals surface area contributed by atoms with E-state index in [9.17, 15) is 9.59 Å². The molecule has 148 valence electrons. The van der Waals surface area contributed by atoms with E-state index in [-0.39, 0.29) is 18.7 Å². The zero-order valence-corrected chi connectivity index (χ0v) is 16.0. The van der Waals surface area contributed by atoms with Crippen molar-refractivity contribution in [3.63, 3.8) is 0 Å².